The molecular formula is C21H27N3O3. The first kappa shape index (κ1) is 19.2. The van der Waals surface area contributed by atoms with Crippen molar-refractivity contribution in [1.29, 1.82) is 0 Å². The van der Waals surface area contributed by atoms with Crippen LogP contribution in [0.5, 0.6) is 11.5 Å². The third kappa shape index (κ3) is 5.96. The van der Waals surface area contributed by atoms with E-state index in [0.717, 1.165) is 32.5 Å². The summed E-state index contributed by atoms with van der Waals surface area (Å²) >= 11 is 0. The molecule has 144 valence electrons. The Morgan fingerprint density at radius 2 is 2.11 bits per heavy atom. The van der Waals surface area contributed by atoms with Gasteiger partial charge in [0.1, 0.15) is 0 Å². The molecule has 0 unspecified atom stereocenters. The average molecular weight is 369 g/mol. The number of rotatable bonds is 8. The van der Waals surface area contributed by atoms with Crippen LogP contribution in [0.3, 0.4) is 0 Å². The minimum atomic E-state index is -0.106. The van der Waals surface area contributed by atoms with Gasteiger partial charge in [-0.05, 0) is 49.1 Å². The van der Waals surface area contributed by atoms with E-state index < -0.39 is 0 Å². The number of hydrogen-bond acceptors (Lipinski definition) is 5. The summed E-state index contributed by atoms with van der Waals surface area (Å²) in [6.45, 7) is 3.66. The average Bonchev–Trinajstić information content (AvgIpc) is 2.72. The topological polar surface area (TPSA) is 63.7 Å². The van der Waals surface area contributed by atoms with Crippen LogP contribution in [0.2, 0.25) is 0 Å². The summed E-state index contributed by atoms with van der Waals surface area (Å²) in [5.74, 6) is 1.56. The van der Waals surface area contributed by atoms with Gasteiger partial charge in [-0.1, -0.05) is 18.2 Å². The van der Waals surface area contributed by atoms with Gasteiger partial charge in [-0.3, -0.25) is 14.7 Å². The first-order valence-corrected chi connectivity index (χ1v) is 9.38. The molecule has 1 N–H and O–H groups in total. The van der Waals surface area contributed by atoms with E-state index in [9.17, 15) is 4.79 Å². The number of nitrogens with zero attached hydrogens (tertiary/aromatic N) is 2. The second-order valence-corrected chi connectivity index (χ2v) is 6.85. The Bertz CT molecular complexity index is 724. The number of aromatic nitrogens is 1. The Hall–Kier alpha value is -2.60. The second-order valence-electron chi connectivity index (χ2n) is 6.85. The van der Waals surface area contributed by atoms with Crippen LogP contribution < -0.4 is 14.8 Å². The zero-order valence-corrected chi connectivity index (χ0v) is 15.8. The van der Waals surface area contributed by atoms with Crippen LogP contribution in [0.15, 0.2) is 48.8 Å². The molecule has 27 heavy (non-hydrogen) atoms. The Kier molecular flexibility index (Phi) is 7.04. The Labute approximate surface area is 160 Å². The zero-order chi connectivity index (χ0) is 18.9. The van der Waals surface area contributed by atoms with Crippen molar-refractivity contribution >= 4 is 5.91 Å². The predicted molar refractivity (Wildman–Crippen MR) is 104 cm³/mol. The first-order valence-electron chi connectivity index (χ1n) is 9.38. The van der Waals surface area contributed by atoms with Gasteiger partial charge in [-0.15, -0.1) is 0 Å². The molecule has 0 saturated carbocycles. The van der Waals surface area contributed by atoms with Crippen LogP contribution in [-0.2, 0) is 11.3 Å². The van der Waals surface area contributed by atoms with E-state index in [1.807, 2.05) is 30.5 Å². The number of nitrogens with one attached hydrogen (secondary N) is 1. The lowest BCUT2D eigenvalue weighted by atomic mass is 9.97. The Morgan fingerprint density at radius 3 is 2.89 bits per heavy atom. The monoisotopic (exact) mass is 369 g/mol. The highest BCUT2D eigenvalue weighted by atomic mass is 16.5. The van der Waals surface area contributed by atoms with E-state index in [-0.39, 0.29) is 12.5 Å². The summed E-state index contributed by atoms with van der Waals surface area (Å²) in [4.78, 5) is 18.7. The molecule has 1 saturated heterocycles. The van der Waals surface area contributed by atoms with Gasteiger partial charge < -0.3 is 14.8 Å². The lowest BCUT2D eigenvalue weighted by Crippen LogP contribution is -2.41. The fourth-order valence-corrected chi connectivity index (χ4v) is 3.40. The number of piperidine rings is 1. The number of benzene rings is 1. The van der Waals surface area contributed by atoms with Gasteiger partial charge in [-0.2, -0.15) is 0 Å². The maximum absolute atomic E-state index is 12.1. The van der Waals surface area contributed by atoms with Crippen LogP contribution in [0, 0.1) is 5.92 Å². The number of amides is 1. The summed E-state index contributed by atoms with van der Waals surface area (Å²) in [6, 6.07) is 11.4. The minimum Gasteiger partial charge on any atom is -0.493 e. The smallest absolute Gasteiger partial charge is 0.257 e. The van der Waals surface area contributed by atoms with Crippen LogP contribution in [0.4, 0.5) is 0 Å². The van der Waals surface area contributed by atoms with Crippen molar-refractivity contribution in [2.75, 3.05) is 33.4 Å². The van der Waals surface area contributed by atoms with Crippen molar-refractivity contribution in [1.82, 2.24) is 15.2 Å². The molecule has 1 aliphatic heterocycles. The van der Waals surface area contributed by atoms with Crippen LogP contribution in [-0.4, -0.2) is 49.1 Å². The molecule has 6 nitrogen and oxygen atoms in total. The quantitative estimate of drug-likeness (QED) is 0.775. The maximum atomic E-state index is 12.1. The van der Waals surface area contributed by atoms with Gasteiger partial charge in [0.05, 0.1) is 7.11 Å². The highest BCUT2D eigenvalue weighted by Gasteiger charge is 2.20. The molecule has 1 aromatic carbocycles. The number of carbonyl (C=O) groups excluding carboxylic acids is 1. The van der Waals surface area contributed by atoms with Gasteiger partial charge in [0.2, 0.25) is 0 Å². The summed E-state index contributed by atoms with van der Waals surface area (Å²) in [7, 11) is 1.59. The van der Waals surface area contributed by atoms with Gasteiger partial charge >= 0.3 is 0 Å². The second kappa shape index (κ2) is 9.92. The molecule has 6 heteroatoms. The van der Waals surface area contributed by atoms with Gasteiger partial charge in [-0.25, -0.2) is 0 Å². The molecule has 1 aliphatic rings. The molecule has 0 spiro atoms. The van der Waals surface area contributed by atoms with Gasteiger partial charge in [0.25, 0.3) is 5.91 Å². The lowest BCUT2D eigenvalue weighted by Gasteiger charge is -2.32. The summed E-state index contributed by atoms with van der Waals surface area (Å²) in [6.07, 6.45) is 6.00. The molecule has 1 atom stereocenters. The van der Waals surface area contributed by atoms with Crippen LogP contribution in [0.1, 0.15) is 18.4 Å². The lowest BCUT2D eigenvalue weighted by molar-refractivity contribution is -0.123. The third-order valence-electron chi connectivity index (χ3n) is 4.75. The Balaban J connectivity index is 1.40. The third-order valence-corrected chi connectivity index (χ3v) is 4.75. The maximum Gasteiger partial charge on any atom is 0.257 e. The molecule has 0 aliphatic carbocycles. The number of para-hydroxylation sites is 2. The summed E-state index contributed by atoms with van der Waals surface area (Å²) in [5, 5.41) is 3.00. The van der Waals surface area contributed by atoms with E-state index in [1.54, 1.807) is 19.4 Å². The van der Waals surface area contributed by atoms with Gasteiger partial charge in [0, 0.05) is 32.0 Å². The van der Waals surface area contributed by atoms with Crippen LogP contribution >= 0.6 is 0 Å². The van der Waals surface area contributed by atoms with Crippen molar-refractivity contribution in [2.24, 2.45) is 5.92 Å². The molecule has 2 heterocycles. The van der Waals surface area contributed by atoms with Crippen molar-refractivity contribution in [3.8, 4) is 11.5 Å². The molecular weight excluding hydrogens is 342 g/mol. The predicted octanol–water partition coefficient (Wildman–Crippen LogP) is 2.50. The number of ether oxygens (including phenoxy) is 2. The highest BCUT2D eigenvalue weighted by Crippen LogP contribution is 2.25. The molecule has 0 bridgehead atoms. The normalized spacial score (nSPS) is 17.3. The largest absolute Gasteiger partial charge is 0.493 e. The molecule has 0 radical (unpaired) electrons. The number of methoxy groups -OCH3 is 1. The SMILES string of the molecule is COc1ccccc1OCC(=O)NC[C@H]1CCCN(Cc2cccnc2)C1. The Morgan fingerprint density at radius 1 is 1.26 bits per heavy atom. The minimum absolute atomic E-state index is 0.00745. The van der Waals surface area contributed by atoms with E-state index in [4.69, 9.17) is 9.47 Å². The fraction of sp³-hybridized carbons (Fsp3) is 0.429. The molecule has 2 aromatic rings. The van der Waals surface area contributed by atoms with E-state index >= 15 is 0 Å². The van der Waals surface area contributed by atoms with Crippen LogP contribution in [0.25, 0.3) is 0 Å². The molecule has 1 amide bonds. The van der Waals surface area contributed by atoms with Crippen molar-refractivity contribution < 1.29 is 14.3 Å². The summed E-state index contributed by atoms with van der Waals surface area (Å²) < 4.78 is 10.8. The highest BCUT2D eigenvalue weighted by molar-refractivity contribution is 5.77. The number of carbonyl (C=O) groups is 1. The molecule has 1 aromatic heterocycles. The van der Waals surface area contributed by atoms with Crippen molar-refractivity contribution in [2.45, 2.75) is 19.4 Å². The van der Waals surface area contributed by atoms with Crippen molar-refractivity contribution in [3.63, 3.8) is 0 Å². The fourth-order valence-electron chi connectivity index (χ4n) is 3.40. The van der Waals surface area contributed by atoms with E-state index in [0.29, 0.717) is 24.0 Å². The van der Waals surface area contributed by atoms with Gasteiger partial charge in [0.15, 0.2) is 18.1 Å². The molecule has 1 fully saturated rings. The zero-order valence-electron chi connectivity index (χ0n) is 15.8. The molecule has 3 rings (SSSR count). The van der Waals surface area contributed by atoms with E-state index in [2.05, 4.69) is 21.3 Å². The first-order chi connectivity index (χ1) is 13.2. The standard InChI is InChI=1S/C21H27N3O3/c1-26-19-8-2-3-9-20(19)27-16-21(25)23-13-18-7-5-11-24(15-18)14-17-6-4-10-22-12-17/h2-4,6,8-10,12,18H,5,7,11,13-16H2,1H3,(H,23,25)/t18-/m1/s1. The summed E-state index contributed by atoms with van der Waals surface area (Å²) in [5.41, 5.74) is 1.23. The van der Waals surface area contributed by atoms with Crippen molar-refractivity contribution in [3.05, 3.63) is 54.4 Å². The number of likely N-dealkylation sites (tertiary alicyclic amines) is 1. The van der Waals surface area contributed by atoms with E-state index in [1.165, 1.54) is 5.56 Å². The number of pyridine rings is 1. The number of hydrogen-bond donors (Lipinski definition) is 1.